The highest BCUT2D eigenvalue weighted by molar-refractivity contribution is 5.89. The highest BCUT2D eigenvalue weighted by Gasteiger charge is 2.17. The van der Waals surface area contributed by atoms with Crippen LogP contribution in [0.5, 0.6) is 0 Å². The van der Waals surface area contributed by atoms with Gasteiger partial charge in [-0.1, -0.05) is 58.8 Å². The summed E-state index contributed by atoms with van der Waals surface area (Å²) in [4.78, 5) is 18.5. The number of rotatable bonds is 6. The molecule has 3 aromatic rings. The number of hydrogen-bond acceptors (Lipinski definition) is 4. The van der Waals surface area contributed by atoms with Gasteiger partial charge in [-0.25, -0.2) is 4.79 Å². The zero-order chi connectivity index (χ0) is 19.2. The number of aromatic nitrogens is 2. The van der Waals surface area contributed by atoms with Crippen molar-refractivity contribution in [1.82, 2.24) is 15.0 Å². The van der Waals surface area contributed by atoms with Gasteiger partial charge in [0.25, 0.3) is 0 Å². The molecule has 0 aliphatic carbocycles. The Morgan fingerprint density at radius 3 is 2.37 bits per heavy atom. The standard InChI is InChI=1S/C21H22N4O2/c1-4-13-25(21(26)22-18-11-7-16(3)8-12-18)14-19-23-20(24-27-19)17-9-5-15(2)6-10-17/h4-12H,1,13-14H2,2-3H3,(H,22,26). The SMILES string of the molecule is C=CCN(Cc1nc(-c2ccc(C)cc2)no1)C(=O)Nc1ccc(C)cc1. The zero-order valence-corrected chi connectivity index (χ0v) is 15.5. The van der Waals surface area contributed by atoms with E-state index in [1.54, 1.807) is 11.0 Å². The molecule has 0 saturated carbocycles. The van der Waals surface area contributed by atoms with Crippen molar-refractivity contribution in [2.24, 2.45) is 0 Å². The van der Waals surface area contributed by atoms with Crippen LogP contribution in [0, 0.1) is 13.8 Å². The van der Waals surface area contributed by atoms with E-state index in [1.807, 2.05) is 62.4 Å². The predicted octanol–water partition coefficient (Wildman–Crippen LogP) is 4.57. The second-order valence-corrected chi connectivity index (χ2v) is 6.34. The van der Waals surface area contributed by atoms with E-state index in [0.29, 0.717) is 18.3 Å². The summed E-state index contributed by atoms with van der Waals surface area (Å²) < 4.78 is 5.33. The molecule has 6 heteroatoms. The molecule has 0 radical (unpaired) electrons. The van der Waals surface area contributed by atoms with Gasteiger partial charge in [0.15, 0.2) is 0 Å². The van der Waals surface area contributed by atoms with Gasteiger partial charge in [-0.3, -0.25) is 0 Å². The Morgan fingerprint density at radius 2 is 1.74 bits per heavy atom. The smallest absolute Gasteiger partial charge is 0.322 e. The first-order chi connectivity index (χ1) is 13.0. The third-order valence-corrected chi connectivity index (χ3v) is 4.04. The maximum absolute atomic E-state index is 12.6. The Hall–Kier alpha value is -3.41. The number of carbonyl (C=O) groups excluding carboxylic acids is 1. The zero-order valence-electron chi connectivity index (χ0n) is 15.5. The Bertz CT molecular complexity index is 914. The molecular weight excluding hydrogens is 340 g/mol. The molecule has 0 saturated heterocycles. The molecule has 0 bridgehead atoms. The van der Waals surface area contributed by atoms with Gasteiger partial charge < -0.3 is 14.7 Å². The monoisotopic (exact) mass is 362 g/mol. The molecule has 2 aromatic carbocycles. The van der Waals surface area contributed by atoms with Crippen LogP contribution in [0.15, 0.2) is 65.7 Å². The van der Waals surface area contributed by atoms with Gasteiger partial charge in [0, 0.05) is 17.8 Å². The van der Waals surface area contributed by atoms with E-state index < -0.39 is 0 Å². The second kappa shape index (κ2) is 8.31. The van der Waals surface area contributed by atoms with Crippen LogP contribution in [-0.2, 0) is 6.54 Å². The van der Waals surface area contributed by atoms with Crippen LogP contribution in [0.1, 0.15) is 17.0 Å². The summed E-state index contributed by atoms with van der Waals surface area (Å²) in [5, 5.41) is 6.88. The van der Waals surface area contributed by atoms with Crippen molar-refractivity contribution in [2.45, 2.75) is 20.4 Å². The molecule has 0 fully saturated rings. The molecule has 3 rings (SSSR count). The highest BCUT2D eigenvalue weighted by atomic mass is 16.5. The molecule has 138 valence electrons. The third kappa shape index (κ3) is 4.82. The summed E-state index contributed by atoms with van der Waals surface area (Å²) in [5.74, 6) is 0.869. The predicted molar refractivity (Wildman–Crippen MR) is 105 cm³/mol. The fraction of sp³-hybridized carbons (Fsp3) is 0.190. The summed E-state index contributed by atoms with van der Waals surface area (Å²) in [6.45, 7) is 8.29. The number of carbonyl (C=O) groups is 1. The molecule has 2 amide bonds. The van der Waals surface area contributed by atoms with Gasteiger partial charge in [-0.15, -0.1) is 6.58 Å². The number of benzene rings is 2. The van der Waals surface area contributed by atoms with Crippen LogP contribution in [0.4, 0.5) is 10.5 Å². The molecule has 1 heterocycles. The van der Waals surface area contributed by atoms with Gasteiger partial charge in [-0.05, 0) is 26.0 Å². The molecule has 0 unspecified atom stereocenters. The van der Waals surface area contributed by atoms with Crippen LogP contribution in [-0.4, -0.2) is 27.6 Å². The quantitative estimate of drug-likeness (QED) is 0.652. The molecule has 0 atom stereocenters. The minimum Gasteiger partial charge on any atom is -0.337 e. The van der Waals surface area contributed by atoms with E-state index in [9.17, 15) is 4.79 Å². The van der Waals surface area contributed by atoms with Crippen molar-refractivity contribution < 1.29 is 9.32 Å². The summed E-state index contributed by atoms with van der Waals surface area (Å²) in [6.07, 6.45) is 1.66. The van der Waals surface area contributed by atoms with Crippen LogP contribution < -0.4 is 5.32 Å². The van der Waals surface area contributed by atoms with Crippen molar-refractivity contribution in [3.05, 3.63) is 78.2 Å². The first-order valence-corrected chi connectivity index (χ1v) is 8.68. The number of amides is 2. The molecule has 1 aromatic heterocycles. The van der Waals surface area contributed by atoms with Crippen molar-refractivity contribution in [3.63, 3.8) is 0 Å². The molecular formula is C21H22N4O2. The Labute approximate surface area is 158 Å². The first-order valence-electron chi connectivity index (χ1n) is 8.68. The molecule has 0 aliphatic heterocycles. The fourth-order valence-electron chi connectivity index (χ4n) is 2.52. The minimum atomic E-state index is -0.256. The molecule has 6 nitrogen and oxygen atoms in total. The maximum atomic E-state index is 12.6. The average Bonchev–Trinajstić information content (AvgIpc) is 3.12. The van der Waals surface area contributed by atoms with Crippen molar-refractivity contribution in [2.75, 3.05) is 11.9 Å². The average molecular weight is 362 g/mol. The third-order valence-electron chi connectivity index (χ3n) is 4.04. The summed E-state index contributed by atoms with van der Waals surface area (Å²) >= 11 is 0. The van der Waals surface area contributed by atoms with Crippen molar-refractivity contribution >= 4 is 11.7 Å². The first kappa shape index (κ1) is 18.4. The normalized spacial score (nSPS) is 10.4. The van der Waals surface area contributed by atoms with Crippen LogP contribution in [0.25, 0.3) is 11.4 Å². The number of urea groups is 1. The van der Waals surface area contributed by atoms with Gasteiger partial charge in [-0.2, -0.15) is 4.98 Å². The van der Waals surface area contributed by atoms with Crippen molar-refractivity contribution in [3.8, 4) is 11.4 Å². The van der Waals surface area contributed by atoms with Crippen LogP contribution >= 0.6 is 0 Å². The fourth-order valence-corrected chi connectivity index (χ4v) is 2.52. The van der Waals surface area contributed by atoms with E-state index in [4.69, 9.17) is 4.52 Å². The Balaban J connectivity index is 1.70. The maximum Gasteiger partial charge on any atom is 0.322 e. The number of nitrogens with one attached hydrogen (secondary N) is 1. The van der Waals surface area contributed by atoms with Gasteiger partial charge in [0.2, 0.25) is 11.7 Å². The largest absolute Gasteiger partial charge is 0.337 e. The van der Waals surface area contributed by atoms with Gasteiger partial charge >= 0.3 is 6.03 Å². The molecule has 0 aliphatic rings. The van der Waals surface area contributed by atoms with Crippen LogP contribution in [0.2, 0.25) is 0 Å². The van der Waals surface area contributed by atoms with Crippen LogP contribution in [0.3, 0.4) is 0 Å². The minimum absolute atomic E-state index is 0.197. The summed E-state index contributed by atoms with van der Waals surface area (Å²) in [6, 6.07) is 15.2. The van der Waals surface area contributed by atoms with Gasteiger partial charge in [0.1, 0.15) is 6.54 Å². The lowest BCUT2D eigenvalue weighted by atomic mass is 10.1. The van der Waals surface area contributed by atoms with E-state index in [0.717, 1.165) is 22.4 Å². The molecule has 27 heavy (non-hydrogen) atoms. The van der Waals surface area contributed by atoms with E-state index >= 15 is 0 Å². The lowest BCUT2D eigenvalue weighted by Crippen LogP contribution is -2.34. The van der Waals surface area contributed by atoms with Crippen molar-refractivity contribution in [1.29, 1.82) is 0 Å². The number of nitrogens with zero attached hydrogens (tertiary/aromatic N) is 3. The Morgan fingerprint density at radius 1 is 1.11 bits per heavy atom. The summed E-state index contributed by atoms with van der Waals surface area (Å²) in [7, 11) is 0. The highest BCUT2D eigenvalue weighted by Crippen LogP contribution is 2.17. The number of anilines is 1. The number of aryl methyl sites for hydroxylation is 2. The second-order valence-electron chi connectivity index (χ2n) is 6.34. The van der Waals surface area contributed by atoms with E-state index in [2.05, 4.69) is 22.0 Å². The molecule has 0 spiro atoms. The van der Waals surface area contributed by atoms with Gasteiger partial charge in [0.05, 0.1) is 0 Å². The summed E-state index contributed by atoms with van der Waals surface area (Å²) in [5.41, 5.74) is 3.89. The number of hydrogen-bond donors (Lipinski definition) is 1. The molecule has 1 N–H and O–H groups in total. The van der Waals surface area contributed by atoms with E-state index in [1.165, 1.54) is 0 Å². The lowest BCUT2D eigenvalue weighted by Gasteiger charge is -2.19. The Kier molecular flexibility index (Phi) is 5.66. The lowest BCUT2D eigenvalue weighted by molar-refractivity contribution is 0.206. The topological polar surface area (TPSA) is 71.3 Å². The van der Waals surface area contributed by atoms with E-state index in [-0.39, 0.29) is 12.6 Å².